The van der Waals surface area contributed by atoms with Gasteiger partial charge < -0.3 is 0 Å². The average Bonchev–Trinajstić information content (AvgIpc) is 3.36. The summed E-state index contributed by atoms with van der Waals surface area (Å²) in [7, 11) is -8.15. The van der Waals surface area contributed by atoms with Crippen LogP contribution in [0.2, 0.25) is 10.0 Å². The highest BCUT2D eigenvalue weighted by atomic mass is 35.5. The summed E-state index contributed by atoms with van der Waals surface area (Å²) < 4.78 is 55.2. The second-order valence-electron chi connectivity index (χ2n) is 9.77. The number of guanidine groups is 1. The molecule has 3 aromatic carbocycles. The van der Waals surface area contributed by atoms with Gasteiger partial charge in [0, 0.05) is 22.0 Å². The SMILES string of the molecule is CC(C)[C@H](C/N=C(/NS(=O)(=O)c1ccc(Cl)cc1)N1C[C@@H](c2ccccc2)C(c2ccc(Cl)cc2)=N1)NS(N)(=O)=O. The Morgan fingerprint density at radius 1 is 0.976 bits per heavy atom. The van der Waals surface area contributed by atoms with Gasteiger partial charge in [0.2, 0.25) is 5.96 Å². The molecular weight excluding hydrogens is 607 g/mol. The van der Waals surface area contributed by atoms with Crippen molar-refractivity contribution < 1.29 is 16.8 Å². The van der Waals surface area contributed by atoms with Crippen molar-refractivity contribution in [2.24, 2.45) is 21.2 Å². The number of nitrogens with one attached hydrogen (secondary N) is 2. The minimum atomic E-state index is -4.12. The third-order valence-corrected chi connectivity index (χ3v) is 8.89. The second-order valence-corrected chi connectivity index (χ2v) is 13.7. The number of hydrazone groups is 1. The van der Waals surface area contributed by atoms with Gasteiger partial charge in [-0.15, -0.1) is 0 Å². The number of nitrogens with zero attached hydrogens (tertiary/aromatic N) is 3. The van der Waals surface area contributed by atoms with E-state index in [0.717, 1.165) is 11.1 Å². The second kappa shape index (κ2) is 12.9. The molecule has 218 valence electrons. The summed E-state index contributed by atoms with van der Waals surface area (Å²) in [5, 5.41) is 12.4. The van der Waals surface area contributed by atoms with Crippen LogP contribution in [0, 0.1) is 5.92 Å². The van der Waals surface area contributed by atoms with E-state index in [1.54, 1.807) is 26.0 Å². The maximum absolute atomic E-state index is 13.4. The fourth-order valence-corrected chi connectivity index (χ4v) is 6.24. The Kier molecular flexibility index (Phi) is 9.73. The van der Waals surface area contributed by atoms with Gasteiger partial charge in [-0.25, -0.2) is 28.3 Å². The topological polar surface area (TPSA) is 146 Å². The molecule has 1 aliphatic heterocycles. The minimum Gasteiger partial charge on any atom is -0.249 e. The molecule has 1 aliphatic rings. The Morgan fingerprint density at radius 3 is 2.12 bits per heavy atom. The number of halogens is 2. The highest BCUT2D eigenvalue weighted by molar-refractivity contribution is 7.90. The molecule has 0 aromatic heterocycles. The van der Waals surface area contributed by atoms with Crippen LogP contribution in [0.15, 0.2) is 93.9 Å². The summed E-state index contributed by atoms with van der Waals surface area (Å²) in [6.45, 7) is 3.76. The fourth-order valence-electron chi connectivity index (χ4n) is 4.20. The maximum atomic E-state index is 13.4. The van der Waals surface area contributed by atoms with Gasteiger partial charge in [-0.1, -0.05) is 79.5 Å². The van der Waals surface area contributed by atoms with Gasteiger partial charge >= 0.3 is 0 Å². The van der Waals surface area contributed by atoms with Crippen LogP contribution in [0.25, 0.3) is 0 Å². The van der Waals surface area contributed by atoms with Crippen LogP contribution in [0.5, 0.6) is 0 Å². The zero-order valence-corrected chi connectivity index (χ0v) is 25.4. The van der Waals surface area contributed by atoms with Crippen molar-refractivity contribution in [3.05, 3.63) is 100 Å². The van der Waals surface area contributed by atoms with Gasteiger partial charge in [0.1, 0.15) is 0 Å². The lowest BCUT2D eigenvalue weighted by molar-refractivity contribution is 0.438. The van der Waals surface area contributed by atoms with Crippen LogP contribution in [-0.4, -0.2) is 52.6 Å². The van der Waals surface area contributed by atoms with Gasteiger partial charge in [-0.2, -0.15) is 18.2 Å². The lowest BCUT2D eigenvalue weighted by atomic mass is 9.91. The van der Waals surface area contributed by atoms with E-state index in [1.165, 1.54) is 29.3 Å². The van der Waals surface area contributed by atoms with E-state index in [2.05, 4.69) is 14.4 Å². The molecule has 0 saturated heterocycles. The lowest BCUT2D eigenvalue weighted by Crippen LogP contribution is -2.46. The number of nitrogens with two attached hydrogens (primary N) is 1. The monoisotopic (exact) mass is 636 g/mol. The van der Waals surface area contributed by atoms with Crippen molar-refractivity contribution in [3.63, 3.8) is 0 Å². The molecule has 2 atom stereocenters. The Labute approximate surface area is 250 Å². The average molecular weight is 638 g/mol. The van der Waals surface area contributed by atoms with Gasteiger partial charge in [0.15, 0.2) is 0 Å². The van der Waals surface area contributed by atoms with Crippen molar-refractivity contribution >= 4 is 55.1 Å². The number of aliphatic imine (C=N–C) groups is 1. The molecule has 0 unspecified atom stereocenters. The van der Waals surface area contributed by atoms with Crippen LogP contribution >= 0.6 is 23.2 Å². The molecule has 0 saturated carbocycles. The van der Waals surface area contributed by atoms with E-state index >= 15 is 0 Å². The molecule has 0 aliphatic carbocycles. The summed E-state index contributed by atoms with van der Waals surface area (Å²) in [5.74, 6) is -0.507. The molecule has 0 bridgehead atoms. The van der Waals surface area contributed by atoms with E-state index in [-0.39, 0.29) is 35.8 Å². The molecule has 0 spiro atoms. The minimum absolute atomic E-state index is 0.0293. The van der Waals surface area contributed by atoms with Crippen LogP contribution in [0.4, 0.5) is 0 Å². The predicted molar refractivity (Wildman–Crippen MR) is 163 cm³/mol. The van der Waals surface area contributed by atoms with E-state index in [0.29, 0.717) is 15.8 Å². The van der Waals surface area contributed by atoms with Crippen molar-refractivity contribution in [2.45, 2.75) is 30.7 Å². The molecule has 0 amide bonds. The van der Waals surface area contributed by atoms with Crippen molar-refractivity contribution in [2.75, 3.05) is 13.1 Å². The molecule has 14 heteroatoms. The predicted octanol–water partition coefficient (Wildman–Crippen LogP) is 3.95. The van der Waals surface area contributed by atoms with E-state index < -0.39 is 26.3 Å². The quantitative estimate of drug-likeness (QED) is 0.240. The van der Waals surface area contributed by atoms with Gasteiger partial charge in [-0.05, 0) is 53.4 Å². The Morgan fingerprint density at radius 2 is 1.56 bits per heavy atom. The number of sulfonamides is 1. The smallest absolute Gasteiger partial charge is 0.249 e. The van der Waals surface area contributed by atoms with Crippen LogP contribution < -0.4 is 14.6 Å². The third-order valence-electron chi connectivity index (χ3n) is 6.41. The molecule has 0 fully saturated rings. The Hall–Kier alpha value is -3.00. The zero-order chi connectivity index (χ0) is 29.8. The molecule has 0 radical (unpaired) electrons. The number of benzene rings is 3. The van der Waals surface area contributed by atoms with E-state index in [9.17, 15) is 16.8 Å². The molecule has 1 heterocycles. The fraction of sp³-hybridized carbons (Fsp3) is 0.259. The molecule has 3 aromatic rings. The lowest BCUT2D eigenvalue weighted by Gasteiger charge is -2.23. The largest absolute Gasteiger partial charge is 0.274 e. The summed E-state index contributed by atoms with van der Waals surface area (Å²) in [6.07, 6.45) is 0. The van der Waals surface area contributed by atoms with E-state index in [4.69, 9.17) is 33.4 Å². The zero-order valence-electron chi connectivity index (χ0n) is 22.3. The summed E-state index contributed by atoms with van der Waals surface area (Å²) in [6, 6.07) is 21.9. The van der Waals surface area contributed by atoms with Crippen molar-refractivity contribution in [1.82, 2.24) is 14.5 Å². The van der Waals surface area contributed by atoms with Gasteiger partial charge in [0.05, 0.1) is 23.7 Å². The van der Waals surface area contributed by atoms with Crippen molar-refractivity contribution in [1.29, 1.82) is 0 Å². The highest BCUT2D eigenvalue weighted by Crippen LogP contribution is 2.30. The summed E-state index contributed by atoms with van der Waals surface area (Å²) in [4.78, 5) is 4.50. The first-order chi connectivity index (χ1) is 19.3. The normalized spacial score (nSPS) is 17.0. The third kappa shape index (κ3) is 8.28. The number of hydrogen-bond acceptors (Lipinski definition) is 6. The van der Waals surface area contributed by atoms with Crippen LogP contribution in [0.3, 0.4) is 0 Å². The number of rotatable bonds is 9. The summed E-state index contributed by atoms with van der Waals surface area (Å²) in [5.41, 5.74) is 2.47. The first-order valence-electron chi connectivity index (χ1n) is 12.6. The van der Waals surface area contributed by atoms with Gasteiger partial charge in [-0.3, -0.25) is 0 Å². The highest BCUT2D eigenvalue weighted by Gasteiger charge is 2.33. The van der Waals surface area contributed by atoms with Gasteiger partial charge in [0.25, 0.3) is 20.2 Å². The maximum Gasteiger partial charge on any atom is 0.274 e. The Bertz CT molecular complexity index is 1630. The summed E-state index contributed by atoms with van der Waals surface area (Å²) >= 11 is 12.1. The van der Waals surface area contributed by atoms with Crippen LogP contribution in [-0.2, 0) is 20.2 Å². The molecule has 4 N–H and O–H groups in total. The molecule has 10 nitrogen and oxygen atoms in total. The first-order valence-corrected chi connectivity index (χ1v) is 16.4. The van der Waals surface area contributed by atoms with Crippen LogP contribution in [0.1, 0.15) is 30.9 Å². The molecule has 4 rings (SSSR count). The molecule has 41 heavy (non-hydrogen) atoms. The number of hydrogen-bond donors (Lipinski definition) is 3. The van der Waals surface area contributed by atoms with Crippen molar-refractivity contribution in [3.8, 4) is 0 Å². The Balaban J connectivity index is 1.77. The standard InChI is InChI=1S/C27H30Cl2N6O4S2/c1-18(2)25(33-41(30,38)39)16-31-27(34-40(36,37)23-14-12-22(29)13-15-23)35-17-24(19-6-4-3-5-7-19)26(32-35)20-8-10-21(28)11-9-20/h3-15,18,24-25,33H,16-17H2,1-2H3,(H,31,34)(H2,30,38,39)/t24-,25-/m0/s1. The molecular formula is C27H30Cl2N6O4S2. The first kappa shape index (κ1) is 30.9. The van der Waals surface area contributed by atoms with E-state index in [1.807, 2.05) is 42.5 Å².